The molecular formula is C23H21ClN2O. The van der Waals surface area contributed by atoms with Crippen molar-refractivity contribution in [3.8, 4) is 17.1 Å². The van der Waals surface area contributed by atoms with Gasteiger partial charge in [0.2, 0.25) is 0 Å². The first kappa shape index (κ1) is 17.6. The van der Waals surface area contributed by atoms with Gasteiger partial charge in [-0.25, -0.2) is 4.98 Å². The maximum Gasteiger partial charge on any atom is 0.141 e. The minimum Gasteiger partial charge on any atom is -0.491 e. The van der Waals surface area contributed by atoms with Crippen LogP contribution in [0.3, 0.4) is 0 Å². The molecule has 3 nitrogen and oxygen atoms in total. The Balaban J connectivity index is 1.66. The van der Waals surface area contributed by atoms with Crippen molar-refractivity contribution in [1.82, 2.24) is 9.55 Å². The van der Waals surface area contributed by atoms with E-state index in [0.717, 1.165) is 33.7 Å². The largest absolute Gasteiger partial charge is 0.491 e. The first-order valence-electron chi connectivity index (χ1n) is 9.03. The van der Waals surface area contributed by atoms with Crippen molar-refractivity contribution in [3.63, 3.8) is 0 Å². The maximum absolute atomic E-state index is 6.20. The Morgan fingerprint density at radius 1 is 0.963 bits per heavy atom. The van der Waals surface area contributed by atoms with Gasteiger partial charge in [-0.3, -0.25) is 0 Å². The number of hydrogen-bond acceptors (Lipinski definition) is 2. The fraction of sp³-hybridized carbons (Fsp3) is 0.174. The second kappa shape index (κ2) is 7.45. The standard InChI is InChI=1S/C23H21ClN2O/c1-16-10-11-17(2)22(14-16)27-13-12-26-21-9-4-3-8-20(21)25-23(26)18-6-5-7-19(24)15-18/h3-11,14-15H,12-13H2,1-2H3. The molecule has 4 rings (SSSR count). The van der Waals surface area contributed by atoms with Crippen LogP contribution in [-0.4, -0.2) is 16.2 Å². The number of halogens is 1. The molecule has 0 radical (unpaired) electrons. The summed E-state index contributed by atoms with van der Waals surface area (Å²) in [5.41, 5.74) is 5.41. The monoisotopic (exact) mass is 376 g/mol. The third-order valence-corrected chi connectivity index (χ3v) is 4.89. The molecule has 0 aliphatic rings. The second-order valence-electron chi connectivity index (χ2n) is 6.70. The molecule has 0 amide bonds. The van der Waals surface area contributed by atoms with Crippen molar-refractivity contribution in [2.45, 2.75) is 20.4 Å². The van der Waals surface area contributed by atoms with Gasteiger partial charge in [0.15, 0.2) is 0 Å². The zero-order valence-electron chi connectivity index (χ0n) is 15.4. The Morgan fingerprint density at radius 3 is 2.67 bits per heavy atom. The lowest BCUT2D eigenvalue weighted by Gasteiger charge is -2.13. The number of para-hydroxylation sites is 2. The molecule has 3 aromatic carbocycles. The normalized spacial score (nSPS) is 11.1. The van der Waals surface area contributed by atoms with E-state index in [9.17, 15) is 0 Å². The summed E-state index contributed by atoms with van der Waals surface area (Å²) in [6, 6.07) is 22.3. The Kier molecular flexibility index (Phi) is 4.87. The van der Waals surface area contributed by atoms with E-state index in [-0.39, 0.29) is 0 Å². The Hall–Kier alpha value is -2.78. The summed E-state index contributed by atoms with van der Waals surface area (Å²) in [5, 5.41) is 0.706. The molecule has 0 atom stereocenters. The molecule has 0 unspecified atom stereocenters. The lowest BCUT2D eigenvalue weighted by molar-refractivity contribution is 0.299. The molecular weight excluding hydrogens is 356 g/mol. The molecule has 0 N–H and O–H groups in total. The van der Waals surface area contributed by atoms with Gasteiger partial charge in [-0.15, -0.1) is 0 Å². The first-order valence-corrected chi connectivity index (χ1v) is 9.41. The number of benzene rings is 3. The van der Waals surface area contributed by atoms with Gasteiger partial charge in [-0.05, 0) is 55.3 Å². The van der Waals surface area contributed by atoms with Crippen molar-refractivity contribution < 1.29 is 4.74 Å². The molecule has 0 saturated carbocycles. The highest BCUT2D eigenvalue weighted by atomic mass is 35.5. The average Bonchev–Trinajstić information content (AvgIpc) is 3.03. The fourth-order valence-electron chi connectivity index (χ4n) is 3.26. The van der Waals surface area contributed by atoms with Crippen molar-refractivity contribution >= 4 is 22.6 Å². The van der Waals surface area contributed by atoms with Crippen LogP contribution in [0.15, 0.2) is 66.7 Å². The van der Waals surface area contributed by atoms with Crippen LogP contribution in [0.1, 0.15) is 11.1 Å². The highest BCUT2D eigenvalue weighted by molar-refractivity contribution is 6.30. The smallest absolute Gasteiger partial charge is 0.141 e. The zero-order valence-corrected chi connectivity index (χ0v) is 16.2. The summed E-state index contributed by atoms with van der Waals surface area (Å²) < 4.78 is 8.28. The van der Waals surface area contributed by atoms with Crippen molar-refractivity contribution in [2.24, 2.45) is 0 Å². The molecule has 0 aliphatic carbocycles. The Labute approximate surface area is 164 Å². The van der Waals surface area contributed by atoms with Crippen LogP contribution < -0.4 is 4.74 Å². The van der Waals surface area contributed by atoms with Crippen LogP contribution in [0.25, 0.3) is 22.4 Å². The van der Waals surface area contributed by atoms with Gasteiger partial charge < -0.3 is 9.30 Å². The van der Waals surface area contributed by atoms with E-state index in [2.05, 4.69) is 42.7 Å². The molecule has 27 heavy (non-hydrogen) atoms. The number of aryl methyl sites for hydroxylation is 2. The molecule has 4 aromatic rings. The van der Waals surface area contributed by atoms with Crippen molar-refractivity contribution in [2.75, 3.05) is 6.61 Å². The molecule has 0 bridgehead atoms. The van der Waals surface area contributed by atoms with Gasteiger partial charge in [-0.2, -0.15) is 0 Å². The third-order valence-electron chi connectivity index (χ3n) is 4.65. The van der Waals surface area contributed by atoms with Crippen LogP contribution in [0, 0.1) is 13.8 Å². The lowest BCUT2D eigenvalue weighted by atomic mass is 10.1. The number of nitrogens with zero attached hydrogens (tertiary/aromatic N) is 2. The predicted octanol–water partition coefficient (Wildman–Crippen LogP) is 6.05. The van der Waals surface area contributed by atoms with Crippen molar-refractivity contribution in [1.29, 1.82) is 0 Å². The Bertz CT molecular complexity index is 1100. The lowest BCUT2D eigenvalue weighted by Crippen LogP contribution is -2.10. The number of aromatic nitrogens is 2. The van der Waals surface area contributed by atoms with Crippen LogP contribution in [0.5, 0.6) is 5.75 Å². The van der Waals surface area contributed by atoms with E-state index < -0.39 is 0 Å². The molecule has 0 spiro atoms. The van der Waals surface area contributed by atoms with Crippen molar-refractivity contribution in [3.05, 3.63) is 82.9 Å². The van der Waals surface area contributed by atoms with Gasteiger partial charge >= 0.3 is 0 Å². The molecule has 0 saturated heterocycles. The highest BCUT2D eigenvalue weighted by Crippen LogP contribution is 2.27. The summed E-state index contributed by atoms with van der Waals surface area (Å²) in [6.07, 6.45) is 0. The third kappa shape index (κ3) is 3.69. The van der Waals surface area contributed by atoms with Crippen LogP contribution in [-0.2, 0) is 6.54 Å². The quantitative estimate of drug-likeness (QED) is 0.423. The van der Waals surface area contributed by atoms with Gasteiger partial charge in [-0.1, -0.05) is 48.0 Å². The summed E-state index contributed by atoms with van der Waals surface area (Å²) in [4.78, 5) is 4.83. The van der Waals surface area contributed by atoms with Gasteiger partial charge in [0.25, 0.3) is 0 Å². The molecule has 136 valence electrons. The summed E-state index contributed by atoms with van der Waals surface area (Å²) in [5.74, 6) is 1.84. The predicted molar refractivity (Wildman–Crippen MR) is 112 cm³/mol. The van der Waals surface area contributed by atoms with E-state index in [1.807, 2.05) is 42.5 Å². The Morgan fingerprint density at radius 2 is 1.81 bits per heavy atom. The number of rotatable bonds is 5. The summed E-state index contributed by atoms with van der Waals surface area (Å²) >= 11 is 6.20. The minimum absolute atomic E-state index is 0.568. The zero-order chi connectivity index (χ0) is 18.8. The summed E-state index contributed by atoms with van der Waals surface area (Å²) in [6.45, 7) is 5.42. The van der Waals surface area contributed by atoms with Gasteiger partial charge in [0.05, 0.1) is 17.6 Å². The van der Waals surface area contributed by atoms with E-state index in [4.69, 9.17) is 21.3 Å². The van der Waals surface area contributed by atoms with E-state index in [0.29, 0.717) is 18.2 Å². The minimum atomic E-state index is 0.568. The summed E-state index contributed by atoms with van der Waals surface area (Å²) in [7, 11) is 0. The van der Waals surface area contributed by atoms with Gasteiger partial charge in [0.1, 0.15) is 18.2 Å². The maximum atomic E-state index is 6.20. The topological polar surface area (TPSA) is 27.1 Å². The first-order chi connectivity index (χ1) is 13.1. The molecule has 4 heteroatoms. The highest BCUT2D eigenvalue weighted by Gasteiger charge is 2.13. The van der Waals surface area contributed by atoms with Crippen LogP contribution in [0.4, 0.5) is 0 Å². The number of ether oxygens (including phenoxy) is 1. The molecule has 1 heterocycles. The van der Waals surface area contributed by atoms with E-state index >= 15 is 0 Å². The van der Waals surface area contributed by atoms with E-state index in [1.165, 1.54) is 5.56 Å². The number of hydrogen-bond donors (Lipinski definition) is 0. The molecule has 0 aliphatic heterocycles. The number of imidazole rings is 1. The van der Waals surface area contributed by atoms with Gasteiger partial charge in [0, 0.05) is 10.6 Å². The van der Waals surface area contributed by atoms with Crippen LogP contribution >= 0.6 is 11.6 Å². The molecule has 0 fully saturated rings. The molecule has 1 aromatic heterocycles. The second-order valence-corrected chi connectivity index (χ2v) is 7.14. The fourth-order valence-corrected chi connectivity index (χ4v) is 3.45. The van der Waals surface area contributed by atoms with E-state index in [1.54, 1.807) is 0 Å². The number of fused-ring (bicyclic) bond motifs is 1. The average molecular weight is 377 g/mol. The SMILES string of the molecule is Cc1ccc(C)c(OCCn2c(-c3cccc(Cl)c3)nc3ccccc32)c1. The van der Waals surface area contributed by atoms with Crippen LogP contribution in [0.2, 0.25) is 5.02 Å².